The maximum atomic E-state index is 6.35. The maximum Gasteiger partial charge on any atom is 0.166 e. The third-order valence-electron chi connectivity index (χ3n) is 11.1. The first-order chi connectivity index (χ1) is 28.2. The van der Waals surface area contributed by atoms with Gasteiger partial charge in [0.25, 0.3) is 0 Å². The van der Waals surface area contributed by atoms with Crippen LogP contribution < -0.4 is 0 Å². The van der Waals surface area contributed by atoms with Gasteiger partial charge >= 0.3 is 0 Å². The van der Waals surface area contributed by atoms with E-state index in [2.05, 4.69) is 168 Å². The van der Waals surface area contributed by atoms with Crippen molar-refractivity contribution in [1.29, 1.82) is 0 Å². The zero-order chi connectivity index (χ0) is 37.5. The van der Waals surface area contributed by atoms with Gasteiger partial charge in [0.05, 0.1) is 16.7 Å². The molecule has 12 rings (SSSR count). The standard InChI is InChI=1S/C51H30N4OS/c1-2-13-31(14-3-1)32-25-27-35-34-15-4-8-21-42(34)55(44(35)29-32)43-22-9-5-18-40(43)50-52-49(33-26-28-37-36-16-6-10-23-45(36)56-46(37)30-33)53-51(54-50)41-20-12-19-39-38-17-7-11-24-47(38)57-48(39)41/h1-30H. The van der Waals surface area contributed by atoms with Crippen LogP contribution in [0.5, 0.6) is 0 Å². The fourth-order valence-electron chi connectivity index (χ4n) is 8.43. The highest BCUT2D eigenvalue weighted by Gasteiger charge is 2.21. The molecule has 0 radical (unpaired) electrons. The van der Waals surface area contributed by atoms with E-state index in [0.717, 1.165) is 65.6 Å². The summed E-state index contributed by atoms with van der Waals surface area (Å²) in [5.74, 6) is 1.80. The van der Waals surface area contributed by atoms with Crippen LogP contribution in [-0.4, -0.2) is 19.5 Å². The molecule has 0 aliphatic rings. The van der Waals surface area contributed by atoms with Crippen molar-refractivity contribution in [1.82, 2.24) is 19.5 Å². The molecule has 0 unspecified atom stereocenters. The van der Waals surface area contributed by atoms with E-state index in [4.69, 9.17) is 19.4 Å². The summed E-state index contributed by atoms with van der Waals surface area (Å²) in [5, 5.41) is 6.95. The van der Waals surface area contributed by atoms with E-state index in [0.29, 0.717) is 17.5 Å². The molecular weight excluding hydrogens is 717 g/mol. The van der Waals surface area contributed by atoms with Gasteiger partial charge in [-0.15, -0.1) is 11.3 Å². The molecule has 0 atom stereocenters. The van der Waals surface area contributed by atoms with Crippen molar-refractivity contribution in [3.05, 3.63) is 182 Å². The Bertz CT molecular complexity index is 3540. The molecule has 4 aromatic heterocycles. The summed E-state index contributed by atoms with van der Waals surface area (Å²) >= 11 is 1.77. The van der Waals surface area contributed by atoms with Crippen LogP contribution in [0.15, 0.2) is 186 Å². The number of para-hydroxylation sites is 3. The van der Waals surface area contributed by atoms with Crippen LogP contribution in [-0.2, 0) is 0 Å². The smallest absolute Gasteiger partial charge is 0.166 e. The van der Waals surface area contributed by atoms with Crippen molar-refractivity contribution in [3.8, 4) is 51.0 Å². The van der Waals surface area contributed by atoms with E-state index in [9.17, 15) is 0 Å². The molecule has 0 aliphatic carbocycles. The molecule has 0 aliphatic heterocycles. The second-order valence-electron chi connectivity index (χ2n) is 14.4. The molecule has 5 nitrogen and oxygen atoms in total. The van der Waals surface area contributed by atoms with Gasteiger partial charge in [0, 0.05) is 58.4 Å². The van der Waals surface area contributed by atoms with Gasteiger partial charge in [-0.2, -0.15) is 0 Å². The van der Waals surface area contributed by atoms with Crippen molar-refractivity contribution in [2.75, 3.05) is 0 Å². The highest BCUT2D eigenvalue weighted by Crippen LogP contribution is 2.42. The number of thiophene rings is 1. The Morgan fingerprint density at radius 3 is 1.93 bits per heavy atom. The van der Waals surface area contributed by atoms with Crippen molar-refractivity contribution in [2.24, 2.45) is 0 Å². The predicted octanol–water partition coefficient (Wildman–Crippen LogP) is 13.9. The highest BCUT2D eigenvalue weighted by molar-refractivity contribution is 7.26. The van der Waals surface area contributed by atoms with E-state index < -0.39 is 0 Å². The Balaban J connectivity index is 1.12. The number of nitrogens with zero attached hydrogens (tertiary/aromatic N) is 4. The Hall–Kier alpha value is -7.41. The fourth-order valence-corrected chi connectivity index (χ4v) is 9.64. The molecule has 12 aromatic rings. The van der Waals surface area contributed by atoms with E-state index in [1.807, 2.05) is 18.2 Å². The molecule has 0 saturated heterocycles. The van der Waals surface area contributed by atoms with Crippen molar-refractivity contribution >= 4 is 75.3 Å². The summed E-state index contributed by atoms with van der Waals surface area (Å²) < 4.78 is 11.1. The van der Waals surface area contributed by atoms with Crippen molar-refractivity contribution in [3.63, 3.8) is 0 Å². The second-order valence-corrected chi connectivity index (χ2v) is 15.4. The van der Waals surface area contributed by atoms with Gasteiger partial charge < -0.3 is 8.98 Å². The zero-order valence-corrected chi connectivity index (χ0v) is 31.2. The molecule has 266 valence electrons. The lowest BCUT2D eigenvalue weighted by molar-refractivity contribution is 0.669. The number of fused-ring (bicyclic) bond motifs is 9. The molecule has 8 aromatic carbocycles. The van der Waals surface area contributed by atoms with Crippen LogP contribution in [0.2, 0.25) is 0 Å². The second kappa shape index (κ2) is 12.6. The summed E-state index contributed by atoms with van der Waals surface area (Å²) in [7, 11) is 0. The van der Waals surface area contributed by atoms with E-state index in [1.54, 1.807) is 11.3 Å². The first kappa shape index (κ1) is 31.9. The van der Waals surface area contributed by atoms with E-state index in [1.165, 1.54) is 31.8 Å². The van der Waals surface area contributed by atoms with Crippen LogP contribution in [0.3, 0.4) is 0 Å². The number of aromatic nitrogens is 4. The Kier molecular flexibility index (Phi) is 7.03. The highest BCUT2D eigenvalue weighted by atomic mass is 32.1. The average Bonchev–Trinajstić information content (AvgIpc) is 3.95. The fraction of sp³-hybridized carbons (Fsp3) is 0. The molecule has 0 N–H and O–H groups in total. The summed E-state index contributed by atoms with van der Waals surface area (Å²) in [6, 6.07) is 63.8. The number of hydrogen-bond acceptors (Lipinski definition) is 5. The van der Waals surface area contributed by atoms with Gasteiger partial charge in [0.2, 0.25) is 0 Å². The van der Waals surface area contributed by atoms with E-state index in [-0.39, 0.29) is 0 Å². The number of furan rings is 1. The molecule has 0 amide bonds. The summed E-state index contributed by atoms with van der Waals surface area (Å²) in [5.41, 5.74) is 9.95. The molecule has 0 saturated carbocycles. The lowest BCUT2D eigenvalue weighted by atomic mass is 10.0. The van der Waals surface area contributed by atoms with Crippen LogP contribution in [0.1, 0.15) is 0 Å². The molecule has 4 heterocycles. The molecule has 6 heteroatoms. The van der Waals surface area contributed by atoms with Crippen LogP contribution >= 0.6 is 11.3 Å². The van der Waals surface area contributed by atoms with Crippen molar-refractivity contribution in [2.45, 2.75) is 0 Å². The lowest BCUT2D eigenvalue weighted by Crippen LogP contribution is -2.03. The topological polar surface area (TPSA) is 56.7 Å². The minimum Gasteiger partial charge on any atom is -0.456 e. The van der Waals surface area contributed by atoms with Gasteiger partial charge in [-0.25, -0.2) is 15.0 Å². The number of benzene rings is 8. The summed E-state index contributed by atoms with van der Waals surface area (Å²) in [6.07, 6.45) is 0. The Morgan fingerprint density at radius 2 is 1.02 bits per heavy atom. The summed E-state index contributed by atoms with van der Waals surface area (Å²) in [4.78, 5) is 15.9. The third kappa shape index (κ3) is 5.04. The third-order valence-corrected chi connectivity index (χ3v) is 12.3. The summed E-state index contributed by atoms with van der Waals surface area (Å²) in [6.45, 7) is 0. The number of hydrogen-bond donors (Lipinski definition) is 0. The van der Waals surface area contributed by atoms with Gasteiger partial charge in [-0.3, -0.25) is 0 Å². The van der Waals surface area contributed by atoms with Gasteiger partial charge in [-0.05, 0) is 65.7 Å². The minimum absolute atomic E-state index is 0.582. The first-order valence-corrected chi connectivity index (χ1v) is 19.8. The molecule has 0 fully saturated rings. The zero-order valence-electron chi connectivity index (χ0n) is 30.4. The van der Waals surface area contributed by atoms with E-state index >= 15 is 0 Å². The largest absolute Gasteiger partial charge is 0.456 e. The van der Waals surface area contributed by atoms with Gasteiger partial charge in [-0.1, -0.05) is 127 Å². The molecule has 57 heavy (non-hydrogen) atoms. The first-order valence-electron chi connectivity index (χ1n) is 19.0. The van der Waals surface area contributed by atoms with Gasteiger partial charge in [0.1, 0.15) is 11.2 Å². The SMILES string of the molecule is c1ccc(-c2ccc3c4ccccc4n(-c4ccccc4-c4nc(-c5ccc6c(c5)oc5ccccc56)nc(-c5cccc6c5sc5ccccc56)n4)c3c2)cc1. The quantitative estimate of drug-likeness (QED) is 0.176. The Morgan fingerprint density at radius 1 is 0.386 bits per heavy atom. The van der Waals surface area contributed by atoms with Gasteiger partial charge in [0.15, 0.2) is 17.5 Å². The lowest BCUT2D eigenvalue weighted by Gasteiger charge is -2.15. The van der Waals surface area contributed by atoms with Crippen LogP contribution in [0.4, 0.5) is 0 Å². The maximum absolute atomic E-state index is 6.35. The normalized spacial score (nSPS) is 11.9. The number of rotatable bonds is 5. The molecule has 0 bridgehead atoms. The average molecular weight is 747 g/mol. The molecule has 0 spiro atoms. The predicted molar refractivity (Wildman–Crippen MR) is 236 cm³/mol. The van der Waals surface area contributed by atoms with Crippen LogP contribution in [0, 0.1) is 0 Å². The minimum atomic E-state index is 0.582. The van der Waals surface area contributed by atoms with Crippen molar-refractivity contribution < 1.29 is 4.42 Å². The Labute approximate surface area is 330 Å². The van der Waals surface area contributed by atoms with Crippen LogP contribution in [0.25, 0.3) is 115 Å². The molecular formula is C51H30N4OS. The monoisotopic (exact) mass is 746 g/mol.